The van der Waals surface area contributed by atoms with Gasteiger partial charge in [-0.25, -0.2) is 8.42 Å². The van der Waals surface area contributed by atoms with E-state index in [9.17, 15) is 13.2 Å². The maximum Gasteiger partial charge on any atom is 0.261 e. The molecule has 1 amide bonds. The van der Waals surface area contributed by atoms with Crippen LogP contribution in [0, 0.1) is 19.8 Å². The normalized spacial score (nSPS) is 11.5. The Morgan fingerprint density at radius 3 is 2.50 bits per heavy atom. The molecule has 2 rings (SSSR count). The molecule has 26 heavy (non-hydrogen) atoms. The minimum absolute atomic E-state index is 0.0252. The van der Waals surface area contributed by atoms with Crippen molar-refractivity contribution in [1.29, 1.82) is 0 Å². The fourth-order valence-corrected chi connectivity index (χ4v) is 3.65. The number of benzene rings is 2. The van der Waals surface area contributed by atoms with Crippen molar-refractivity contribution >= 4 is 33.2 Å². The van der Waals surface area contributed by atoms with Crippen LogP contribution in [0.3, 0.4) is 0 Å². The predicted molar refractivity (Wildman–Crippen MR) is 105 cm³/mol. The van der Waals surface area contributed by atoms with Crippen molar-refractivity contribution in [2.45, 2.75) is 32.6 Å². The topological polar surface area (TPSA) is 75.3 Å². The van der Waals surface area contributed by atoms with Gasteiger partial charge in [-0.15, -0.1) is 0 Å². The van der Waals surface area contributed by atoms with Crippen LogP contribution in [0.25, 0.3) is 0 Å². The number of carbonyl (C=O) groups excluding carboxylic acids is 1. The number of anilines is 1. The lowest BCUT2D eigenvalue weighted by molar-refractivity contribution is 0.0948. The molecule has 0 spiro atoms. The van der Waals surface area contributed by atoms with Crippen LogP contribution in [-0.4, -0.2) is 20.9 Å². The number of hydrogen-bond donors (Lipinski definition) is 2. The average molecular weight is 395 g/mol. The van der Waals surface area contributed by atoms with Crippen molar-refractivity contribution in [3.05, 3.63) is 58.1 Å². The third kappa shape index (κ3) is 4.77. The molecule has 0 heterocycles. The number of sulfonamides is 1. The summed E-state index contributed by atoms with van der Waals surface area (Å²) in [5.41, 5.74) is 2.10. The van der Waals surface area contributed by atoms with Crippen LogP contribution in [0.4, 0.5) is 5.69 Å². The van der Waals surface area contributed by atoms with Gasteiger partial charge in [0.05, 0.1) is 10.6 Å². The molecule has 0 aliphatic heterocycles. The third-order valence-electron chi connectivity index (χ3n) is 3.95. The summed E-state index contributed by atoms with van der Waals surface area (Å²) in [6.07, 6.45) is 0. The molecular weight excluding hydrogens is 372 g/mol. The summed E-state index contributed by atoms with van der Waals surface area (Å²) in [6.45, 7) is 8.01. The van der Waals surface area contributed by atoms with E-state index in [4.69, 9.17) is 11.6 Å². The highest BCUT2D eigenvalue weighted by molar-refractivity contribution is 7.92. The Kier molecular flexibility index (Phi) is 6.31. The first-order valence-electron chi connectivity index (χ1n) is 8.28. The quantitative estimate of drug-likeness (QED) is 0.772. The van der Waals surface area contributed by atoms with Crippen molar-refractivity contribution in [2.24, 2.45) is 5.92 Å². The fraction of sp³-hybridized carbons (Fsp3) is 0.316. The van der Waals surface area contributed by atoms with Crippen molar-refractivity contribution in [3.8, 4) is 0 Å². The molecule has 2 N–H and O–H groups in total. The maximum absolute atomic E-state index is 12.7. The smallest absolute Gasteiger partial charge is 0.261 e. The lowest BCUT2D eigenvalue weighted by Crippen LogP contribution is -2.28. The summed E-state index contributed by atoms with van der Waals surface area (Å²) < 4.78 is 28.0. The summed E-state index contributed by atoms with van der Waals surface area (Å²) >= 11 is 6.05. The summed E-state index contributed by atoms with van der Waals surface area (Å²) in [6, 6.07) is 9.52. The Morgan fingerprint density at radius 1 is 1.15 bits per heavy atom. The Balaban J connectivity index is 2.34. The standard InChI is InChI=1S/C19H23ClN2O3S/c1-12(2)11-21-19(23)16-10-15(9-8-13(16)3)26(24,25)22-18-7-5-6-17(20)14(18)4/h5-10,12,22H,11H2,1-4H3,(H,21,23). The van der Waals surface area contributed by atoms with Crippen LogP contribution in [0.2, 0.25) is 5.02 Å². The SMILES string of the molecule is Cc1ccc(S(=O)(=O)Nc2cccc(Cl)c2C)cc1C(=O)NCC(C)C. The van der Waals surface area contributed by atoms with Crippen LogP contribution in [0.5, 0.6) is 0 Å². The minimum atomic E-state index is -3.85. The highest BCUT2D eigenvalue weighted by Crippen LogP contribution is 2.26. The molecule has 140 valence electrons. The van der Waals surface area contributed by atoms with E-state index in [1.165, 1.54) is 12.1 Å². The number of carbonyl (C=O) groups is 1. The van der Waals surface area contributed by atoms with Crippen LogP contribution >= 0.6 is 11.6 Å². The first-order chi connectivity index (χ1) is 12.1. The van der Waals surface area contributed by atoms with E-state index in [0.717, 1.165) is 0 Å². The van der Waals surface area contributed by atoms with Gasteiger partial charge in [0.2, 0.25) is 0 Å². The summed E-state index contributed by atoms with van der Waals surface area (Å²) in [5.74, 6) is 0.0193. The molecule has 0 fully saturated rings. The number of halogens is 1. The zero-order chi connectivity index (χ0) is 19.5. The second-order valence-electron chi connectivity index (χ2n) is 6.60. The molecule has 2 aromatic rings. The van der Waals surface area contributed by atoms with E-state index in [1.807, 2.05) is 13.8 Å². The van der Waals surface area contributed by atoms with Gasteiger partial charge in [0.1, 0.15) is 0 Å². The van der Waals surface area contributed by atoms with Crippen LogP contribution in [-0.2, 0) is 10.0 Å². The predicted octanol–water partition coefficient (Wildman–Crippen LogP) is 4.14. The number of aryl methyl sites for hydroxylation is 1. The van der Waals surface area contributed by atoms with Gasteiger partial charge in [-0.3, -0.25) is 9.52 Å². The van der Waals surface area contributed by atoms with Crippen LogP contribution in [0.15, 0.2) is 41.3 Å². The highest BCUT2D eigenvalue weighted by atomic mass is 35.5. The molecule has 5 nitrogen and oxygen atoms in total. The summed E-state index contributed by atoms with van der Waals surface area (Å²) in [7, 11) is -3.85. The number of amides is 1. The monoisotopic (exact) mass is 394 g/mol. The molecule has 0 saturated carbocycles. The van der Waals surface area contributed by atoms with Crippen molar-refractivity contribution < 1.29 is 13.2 Å². The Labute approximate surface area is 159 Å². The molecule has 7 heteroatoms. The van der Waals surface area contributed by atoms with Crippen molar-refractivity contribution in [2.75, 3.05) is 11.3 Å². The minimum Gasteiger partial charge on any atom is -0.352 e. The van der Waals surface area contributed by atoms with Gasteiger partial charge in [0.15, 0.2) is 0 Å². The van der Waals surface area contributed by atoms with E-state index in [1.54, 1.807) is 38.1 Å². The van der Waals surface area contributed by atoms with Gasteiger partial charge in [-0.2, -0.15) is 0 Å². The number of nitrogens with one attached hydrogen (secondary N) is 2. The lowest BCUT2D eigenvalue weighted by atomic mass is 10.1. The number of rotatable bonds is 6. The van der Waals surface area contributed by atoms with Crippen LogP contribution in [0.1, 0.15) is 35.3 Å². The lowest BCUT2D eigenvalue weighted by Gasteiger charge is -2.14. The largest absolute Gasteiger partial charge is 0.352 e. The molecule has 0 saturated heterocycles. The second-order valence-corrected chi connectivity index (χ2v) is 8.69. The van der Waals surface area contributed by atoms with Crippen molar-refractivity contribution in [3.63, 3.8) is 0 Å². The second kappa shape index (κ2) is 8.10. The van der Waals surface area contributed by atoms with E-state index in [-0.39, 0.29) is 10.8 Å². The van der Waals surface area contributed by atoms with E-state index in [0.29, 0.717) is 39.9 Å². The first kappa shape index (κ1) is 20.3. The Bertz CT molecular complexity index is 924. The molecule has 0 atom stereocenters. The van der Waals surface area contributed by atoms with E-state index < -0.39 is 10.0 Å². The molecule has 2 aromatic carbocycles. The van der Waals surface area contributed by atoms with Crippen molar-refractivity contribution in [1.82, 2.24) is 5.32 Å². The zero-order valence-corrected chi connectivity index (χ0v) is 16.8. The van der Waals surface area contributed by atoms with Crippen LogP contribution < -0.4 is 10.0 Å². The molecule has 0 radical (unpaired) electrons. The van der Waals surface area contributed by atoms with Gasteiger partial charge >= 0.3 is 0 Å². The summed E-state index contributed by atoms with van der Waals surface area (Å²) in [5, 5.41) is 3.29. The number of hydrogen-bond acceptors (Lipinski definition) is 3. The highest BCUT2D eigenvalue weighted by Gasteiger charge is 2.19. The molecule has 0 bridgehead atoms. The third-order valence-corrected chi connectivity index (χ3v) is 5.72. The Hall–Kier alpha value is -2.05. The molecule has 0 unspecified atom stereocenters. The van der Waals surface area contributed by atoms with E-state index in [2.05, 4.69) is 10.0 Å². The zero-order valence-electron chi connectivity index (χ0n) is 15.3. The van der Waals surface area contributed by atoms with Gasteiger partial charge in [0, 0.05) is 17.1 Å². The molecule has 0 aliphatic carbocycles. The fourth-order valence-electron chi connectivity index (χ4n) is 2.33. The molecule has 0 aliphatic rings. The van der Waals surface area contributed by atoms with Gasteiger partial charge in [-0.05, 0) is 55.2 Å². The first-order valence-corrected chi connectivity index (χ1v) is 10.1. The maximum atomic E-state index is 12.7. The van der Waals surface area contributed by atoms with Gasteiger partial charge in [0.25, 0.3) is 15.9 Å². The van der Waals surface area contributed by atoms with E-state index >= 15 is 0 Å². The molecular formula is C19H23ClN2O3S. The average Bonchev–Trinajstić information content (AvgIpc) is 2.57. The molecule has 0 aromatic heterocycles. The Morgan fingerprint density at radius 2 is 1.85 bits per heavy atom. The van der Waals surface area contributed by atoms with Gasteiger partial charge < -0.3 is 5.32 Å². The summed E-state index contributed by atoms with van der Waals surface area (Å²) in [4.78, 5) is 12.4. The van der Waals surface area contributed by atoms with Gasteiger partial charge in [-0.1, -0.05) is 37.6 Å².